The first-order valence-corrected chi connectivity index (χ1v) is 12.1. The second-order valence-corrected chi connectivity index (χ2v) is 9.13. The third kappa shape index (κ3) is 6.19. The Morgan fingerprint density at radius 3 is 1.79 bits per heavy atom. The Morgan fingerprint density at radius 1 is 0.763 bits per heavy atom. The van der Waals surface area contributed by atoms with Crippen molar-refractivity contribution in [3.8, 4) is 0 Å². The Balaban J connectivity index is 1.55. The first-order chi connectivity index (χ1) is 18.2. The molecule has 11 heteroatoms. The zero-order valence-corrected chi connectivity index (χ0v) is 20.4. The molecule has 0 bridgehead atoms. The second-order valence-electron chi connectivity index (χ2n) is 9.13. The Morgan fingerprint density at radius 2 is 1.26 bits per heavy atom. The number of aromatic nitrogens is 2. The van der Waals surface area contributed by atoms with Gasteiger partial charge in [-0.15, -0.1) is 0 Å². The number of carbonyl (C=O) groups excluding carboxylic acids is 2. The van der Waals surface area contributed by atoms with Crippen molar-refractivity contribution in [1.29, 1.82) is 0 Å². The maximum atomic E-state index is 13.4. The lowest BCUT2D eigenvalue weighted by Gasteiger charge is -2.23. The maximum Gasteiger partial charge on any atom is 0.326 e. The third-order valence-corrected chi connectivity index (χ3v) is 6.45. The van der Waals surface area contributed by atoms with Gasteiger partial charge in [0, 0.05) is 53.5 Å². The van der Waals surface area contributed by atoms with E-state index in [4.69, 9.17) is 10.8 Å². The van der Waals surface area contributed by atoms with Gasteiger partial charge in [-0.3, -0.25) is 14.4 Å². The monoisotopic (exact) mass is 519 g/mol. The number of benzene rings is 2. The highest BCUT2D eigenvalue weighted by Crippen LogP contribution is 2.21. The summed E-state index contributed by atoms with van der Waals surface area (Å²) in [5.74, 6) is -3.71. The number of para-hydroxylation sites is 2. The summed E-state index contributed by atoms with van der Waals surface area (Å²) >= 11 is 0. The van der Waals surface area contributed by atoms with E-state index in [1.54, 1.807) is 12.4 Å². The zero-order valence-electron chi connectivity index (χ0n) is 20.4. The molecule has 0 spiro atoms. The average Bonchev–Trinajstić information content (AvgIpc) is 3.50. The van der Waals surface area contributed by atoms with Gasteiger partial charge < -0.3 is 36.5 Å². The van der Waals surface area contributed by atoms with E-state index in [2.05, 4.69) is 20.6 Å². The van der Waals surface area contributed by atoms with E-state index in [-0.39, 0.29) is 25.7 Å². The number of carboxylic acids is 2. The predicted molar refractivity (Wildman–Crippen MR) is 140 cm³/mol. The summed E-state index contributed by atoms with van der Waals surface area (Å²) < 4.78 is 0. The molecule has 0 unspecified atom stereocenters. The van der Waals surface area contributed by atoms with Crippen molar-refractivity contribution in [2.45, 2.75) is 43.8 Å². The van der Waals surface area contributed by atoms with Crippen molar-refractivity contribution in [3.63, 3.8) is 0 Å². The highest BCUT2D eigenvalue weighted by Gasteiger charge is 2.29. The molecule has 0 saturated heterocycles. The van der Waals surface area contributed by atoms with Crippen LogP contribution in [0.2, 0.25) is 0 Å². The molecule has 0 aliphatic rings. The number of hydrogen-bond acceptors (Lipinski definition) is 5. The van der Waals surface area contributed by atoms with Gasteiger partial charge in [0.25, 0.3) is 0 Å². The van der Waals surface area contributed by atoms with Gasteiger partial charge in [-0.25, -0.2) is 4.79 Å². The van der Waals surface area contributed by atoms with E-state index in [0.717, 1.165) is 32.9 Å². The molecule has 38 heavy (non-hydrogen) atoms. The van der Waals surface area contributed by atoms with Crippen LogP contribution in [-0.2, 0) is 32.0 Å². The smallest absolute Gasteiger partial charge is 0.326 e. The van der Waals surface area contributed by atoms with Gasteiger partial charge in [0.2, 0.25) is 11.8 Å². The summed E-state index contributed by atoms with van der Waals surface area (Å²) in [7, 11) is 0. The lowest BCUT2D eigenvalue weighted by atomic mass is 10.0. The Bertz CT molecular complexity index is 1470. The third-order valence-electron chi connectivity index (χ3n) is 6.45. The zero-order chi connectivity index (χ0) is 27.2. The molecule has 0 saturated carbocycles. The van der Waals surface area contributed by atoms with Crippen molar-refractivity contribution in [1.82, 2.24) is 20.6 Å². The van der Waals surface area contributed by atoms with Gasteiger partial charge in [-0.2, -0.15) is 0 Å². The second kappa shape index (κ2) is 11.6. The van der Waals surface area contributed by atoms with Crippen LogP contribution in [0, 0.1) is 0 Å². The average molecular weight is 520 g/mol. The number of aromatic amines is 2. The molecule has 2 heterocycles. The maximum absolute atomic E-state index is 13.4. The minimum Gasteiger partial charge on any atom is -0.481 e. The number of nitrogens with one attached hydrogen (secondary N) is 4. The molecule has 2 aromatic heterocycles. The molecule has 0 aliphatic heterocycles. The number of aliphatic carboxylic acids is 2. The van der Waals surface area contributed by atoms with Gasteiger partial charge in [-0.1, -0.05) is 36.4 Å². The van der Waals surface area contributed by atoms with Crippen LogP contribution in [-0.4, -0.2) is 62.1 Å². The number of nitrogens with two attached hydrogens (primary N) is 1. The van der Waals surface area contributed by atoms with Crippen LogP contribution >= 0.6 is 0 Å². The molecule has 11 nitrogen and oxygen atoms in total. The fourth-order valence-electron chi connectivity index (χ4n) is 4.41. The summed E-state index contributed by atoms with van der Waals surface area (Å²) in [6, 6.07) is 11.3. The van der Waals surface area contributed by atoms with Crippen molar-refractivity contribution in [3.05, 3.63) is 72.1 Å². The summed E-state index contributed by atoms with van der Waals surface area (Å²) in [4.78, 5) is 55.3. The fourth-order valence-corrected chi connectivity index (χ4v) is 4.41. The number of hydrogen-bond donors (Lipinski definition) is 7. The van der Waals surface area contributed by atoms with E-state index in [9.17, 15) is 24.3 Å². The van der Waals surface area contributed by atoms with Gasteiger partial charge in [0.05, 0.1) is 6.04 Å². The van der Waals surface area contributed by atoms with Gasteiger partial charge in [0.1, 0.15) is 12.1 Å². The molecular weight excluding hydrogens is 490 g/mol. The molecule has 198 valence electrons. The van der Waals surface area contributed by atoms with Crippen LogP contribution in [0.1, 0.15) is 24.0 Å². The molecule has 2 amide bonds. The lowest BCUT2D eigenvalue weighted by molar-refractivity contribution is -0.142. The Kier molecular flexibility index (Phi) is 8.07. The lowest BCUT2D eigenvalue weighted by Crippen LogP contribution is -2.55. The number of amides is 2. The predicted octanol–water partition coefficient (Wildman–Crippen LogP) is 1.68. The number of fused-ring (bicyclic) bond motifs is 2. The fraction of sp³-hybridized carbons (Fsp3) is 0.259. The number of carbonyl (C=O) groups is 4. The van der Waals surface area contributed by atoms with Crippen molar-refractivity contribution >= 4 is 45.6 Å². The number of H-pyrrole nitrogens is 2. The molecule has 4 aromatic rings. The minimum absolute atomic E-state index is 0.0248. The van der Waals surface area contributed by atoms with E-state index < -0.39 is 41.9 Å². The SMILES string of the molecule is N[C@@H](CCC(=O)O)C(=O)N[C@@H](Cc1c[nH]c2ccccc12)C(=O)N[C@@H](Cc1c[nH]c2ccccc12)C(=O)O. The van der Waals surface area contributed by atoms with Crippen LogP contribution in [0.4, 0.5) is 0 Å². The molecule has 0 radical (unpaired) electrons. The highest BCUT2D eigenvalue weighted by molar-refractivity contribution is 5.93. The normalized spacial score (nSPS) is 13.6. The summed E-state index contributed by atoms with van der Waals surface area (Å²) in [5.41, 5.74) is 9.01. The van der Waals surface area contributed by atoms with E-state index >= 15 is 0 Å². The van der Waals surface area contributed by atoms with Crippen molar-refractivity contribution < 1.29 is 29.4 Å². The first-order valence-electron chi connectivity index (χ1n) is 12.1. The number of carboxylic acid groups (broad SMARTS) is 2. The molecule has 2 aromatic carbocycles. The van der Waals surface area contributed by atoms with E-state index in [1.807, 2.05) is 48.5 Å². The van der Waals surface area contributed by atoms with Crippen LogP contribution in [0.25, 0.3) is 21.8 Å². The van der Waals surface area contributed by atoms with Crippen LogP contribution in [0.5, 0.6) is 0 Å². The largest absolute Gasteiger partial charge is 0.481 e. The van der Waals surface area contributed by atoms with Crippen LogP contribution in [0.15, 0.2) is 60.9 Å². The summed E-state index contributed by atoms with van der Waals surface area (Å²) in [6.45, 7) is 0. The topological polar surface area (TPSA) is 190 Å². The molecule has 0 aliphatic carbocycles. The quantitative estimate of drug-likeness (QED) is 0.148. The van der Waals surface area contributed by atoms with Crippen LogP contribution < -0.4 is 16.4 Å². The minimum atomic E-state index is -1.26. The number of rotatable bonds is 12. The molecule has 3 atom stereocenters. The van der Waals surface area contributed by atoms with Crippen LogP contribution in [0.3, 0.4) is 0 Å². The Hall–Kier alpha value is -4.64. The summed E-state index contributed by atoms with van der Waals surface area (Å²) in [5, 5.41) is 25.6. The molecule has 4 rings (SSSR count). The van der Waals surface area contributed by atoms with Gasteiger partial charge in [0.15, 0.2) is 0 Å². The van der Waals surface area contributed by atoms with Crippen molar-refractivity contribution in [2.75, 3.05) is 0 Å². The first kappa shape index (κ1) is 26.4. The van der Waals surface area contributed by atoms with Gasteiger partial charge >= 0.3 is 11.9 Å². The van der Waals surface area contributed by atoms with Gasteiger partial charge in [-0.05, 0) is 29.7 Å². The Labute approximate surface area is 217 Å². The summed E-state index contributed by atoms with van der Waals surface area (Å²) in [6.07, 6.45) is 3.10. The standard InChI is InChI=1S/C27H29N5O6/c28-19(9-10-24(33)34)25(35)31-22(11-15-13-29-20-7-3-1-5-17(15)20)26(36)32-23(27(37)38)12-16-14-30-21-8-4-2-6-18(16)21/h1-8,13-14,19,22-23,29-30H,9-12,28H2,(H,31,35)(H,32,36)(H,33,34)(H,37,38)/t19-,22-,23-/m0/s1. The van der Waals surface area contributed by atoms with Crippen molar-refractivity contribution in [2.24, 2.45) is 5.73 Å². The molecular formula is C27H29N5O6. The molecule has 0 fully saturated rings. The highest BCUT2D eigenvalue weighted by atomic mass is 16.4. The van der Waals surface area contributed by atoms with E-state index in [1.165, 1.54) is 0 Å². The van der Waals surface area contributed by atoms with E-state index in [0.29, 0.717) is 0 Å². The molecule has 8 N–H and O–H groups in total.